The number of amides is 1. The lowest BCUT2D eigenvalue weighted by molar-refractivity contribution is -0.118. The molecule has 0 spiro atoms. The largest absolute Gasteiger partial charge is 0.325 e. The molecule has 0 unspecified atom stereocenters. The number of hydrogen-bond donors (Lipinski definition) is 2. The SMILES string of the molecule is Cc1ccc(NS(=O)(=O)c2ccc3c(c2)NC(=O)[C@H](C)CS3)c(C)c1. The van der Waals surface area contributed by atoms with Gasteiger partial charge in [0.1, 0.15) is 0 Å². The van der Waals surface area contributed by atoms with Gasteiger partial charge in [0.25, 0.3) is 10.0 Å². The number of benzene rings is 2. The van der Waals surface area contributed by atoms with Crippen molar-refractivity contribution in [3.8, 4) is 0 Å². The first kappa shape index (κ1) is 17.8. The van der Waals surface area contributed by atoms with E-state index >= 15 is 0 Å². The van der Waals surface area contributed by atoms with Crippen LogP contribution in [0.15, 0.2) is 46.2 Å². The molecule has 2 aromatic carbocycles. The lowest BCUT2D eigenvalue weighted by atomic mass is 10.1. The van der Waals surface area contributed by atoms with Crippen molar-refractivity contribution < 1.29 is 13.2 Å². The molecule has 7 heteroatoms. The van der Waals surface area contributed by atoms with Crippen molar-refractivity contribution in [3.05, 3.63) is 47.5 Å². The third kappa shape index (κ3) is 3.82. The summed E-state index contributed by atoms with van der Waals surface area (Å²) in [6.45, 7) is 5.67. The molecule has 25 heavy (non-hydrogen) atoms. The minimum Gasteiger partial charge on any atom is -0.325 e. The first-order valence-corrected chi connectivity index (χ1v) is 10.4. The molecule has 1 aliphatic rings. The quantitative estimate of drug-likeness (QED) is 0.855. The Hall–Kier alpha value is -1.99. The first-order chi connectivity index (χ1) is 11.8. The number of fused-ring (bicyclic) bond motifs is 1. The van der Waals surface area contributed by atoms with E-state index in [2.05, 4.69) is 10.0 Å². The second kappa shape index (κ2) is 6.72. The van der Waals surface area contributed by atoms with Crippen LogP contribution in [-0.4, -0.2) is 20.1 Å². The van der Waals surface area contributed by atoms with Gasteiger partial charge in [0, 0.05) is 16.6 Å². The summed E-state index contributed by atoms with van der Waals surface area (Å²) in [6.07, 6.45) is 0. The van der Waals surface area contributed by atoms with Gasteiger partial charge in [-0.1, -0.05) is 24.6 Å². The number of carbonyl (C=O) groups excluding carboxylic acids is 1. The van der Waals surface area contributed by atoms with Crippen LogP contribution in [0.4, 0.5) is 11.4 Å². The summed E-state index contributed by atoms with van der Waals surface area (Å²) in [5.41, 5.74) is 3.02. The van der Waals surface area contributed by atoms with E-state index in [-0.39, 0.29) is 16.7 Å². The van der Waals surface area contributed by atoms with E-state index < -0.39 is 10.0 Å². The van der Waals surface area contributed by atoms with Gasteiger partial charge in [-0.05, 0) is 43.7 Å². The summed E-state index contributed by atoms with van der Waals surface area (Å²) in [5.74, 6) is 0.458. The number of carbonyl (C=O) groups is 1. The highest BCUT2D eigenvalue weighted by Crippen LogP contribution is 2.34. The van der Waals surface area contributed by atoms with Gasteiger partial charge in [0.2, 0.25) is 5.91 Å². The predicted molar refractivity (Wildman–Crippen MR) is 102 cm³/mol. The molecule has 1 aliphatic heterocycles. The van der Waals surface area contributed by atoms with Gasteiger partial charge in [-0.3, -0.25) is 9.52 Å². The van der Waals surface area contributed by atoms with Gasteiger partial charge in [-0.25, -0.2) is 8.42 Å². The summed E-state index contributed by atoms with van der Waals surface area (Å²) in [5, 5.41) is 2.82. The Labute approximate surface area is 152 Å². The molecule has 0 radical (unpaired) electrons. The lowest BCUT2D eigenvalue weighted by Crippen LogP contribution is -2.20. The molecular formula is C18H20N2O3S2. The van der Waals surface area contributed by atoms with Crippen LogP contribution < -0.4 is 10.0 Å². The Morgan fingerprint density at radius 3 is 2.64 bits per heavy atom. The fourth-order valence-corrected chi connectivity index (χ4v) is 4.75. The van der Waals surface area contributed by atoms with E-state index in [0.717, 1.165) is 16.0 Å². The van der Waals surface area contributed by atoms with Crippen molar-refractivity contribution >= 4 is 39.1 Å². The van der Waals surface area contributed by atoms with Crippen molar-refractivity contribution in [2.24, 2.45) is 5.92 Å². The first-order valence-electron chi connectivity index (χ1n) is 7.94. The van der Waals surface area contributed by atoms with E-state index in [1.54, 1.807) is 30.0 Å². The van der Waals surface area contributed by atoms with Gasteiger partial charge in [0.05, 0.1) is 16.3 Å². The Kier molecular flexibility index (Phi) is 4.79. The van der Waals surface area contributed by atoms with Crippen LogP contribution in [0.3, 0.4) is 0 Å². The average Bonchev–Trinajstić information content (AvgIpc) is 2.69. The standard InChI is InChI=1S/C18H20N2O3S2/c1-11-4-6-15(12(2)8-11)20-25(22,23)14-5-7-17-16(9-14)19-18(21)13(3)10-24-17/h4-9,13,20H,10H2,1-3H3,(H,19,21)/t13-/m1/s1. The monoisotopic (exact) mass is 376 g/mol. The summed E-state index contributed by atoms with van der Waals surface area (Å²) in [6, 6.07) is 10.4. The fraction of sp³-hybridized carbons (Fsp3) is 0.278. The van der Waals surface area contributed by atoms with Crippen LogP contribution in [0, 0.1) is 19.8 Å². The van der Waals surface area contributed by atoms with Gasteiger partial charge in [-0.15, -0.1) is 11.8 Å². The predicted octanol–water partition coefficient (Wildman–Crippen LogP) is 3.78. The number of hydrogen-bond acceptors (Lipinski definition) is 4. The molecule has 0 fully saturated rings. The fourth-order valence-electron chi connectivity index (χ4n) is 2.58. The maximum Gasteiger partial charge on any atom is 0.261 e. The maximum atomic E-state index is 12.7. The summed E-state index contributed by atoms with van der Waals surface area (Å²) >= 11 is 1.55. The molecule has 132 valence electrons. The minimum atomic E-state index is -3.74. The van der Waals surface area contributed by atoms with Crippen molar-refractivity contribution in [1.82, 2.24) is 0 Å². The molecular weight excluding hydrogens is 356 g/mol. The van der Waals surface area contributed by atoms with E-state index in [1.165, 1.54) is 6.07 Å². The number of rotatable bonds is 3. The molecule has 0 bridgehead atoms. The number of anilines is 2. The van der Waals surface area contributed by atoms with E-state index in [1.807, 2.05) is 32.9 Å². The Morgan fingerprint density at radius 1 is 1.16 bits per heavy atom. The normalized spacial score (nSPS) is 17.4. The highest BCUT2D eigenvalue weighted by atomic mass is 32.2. The molecule has 1 atom stereocenters. The van der Waals surface area contributed by atoms with Crippen LogP contribution in [0.1, 0.15) is 18.1 Å². The zero-order valence-electron chi connectivity index (χ0n) is 14.3. The van der Waals surface area contributed by atoms with Crippen molar-refractivity contribution in [2.45, 2.75) is 30.6 Å². The molecule has 2 aromatic rings. The smallest absolute Gasteiger partial charge is 0.261 e. The van der Waals surface area contributed by atoms with Crippen molar-refractivity contribution in [1.29, 1.82) is 0 Å². The lowest BCUT2D eigenvalue weighted by Gasteiger charge is -2.13. The number of thioether (sulfide) groups is 1. The maximum absolute atomic E-state index is 12.7. The van der Waals surface area contributed by atoms with Crippen LogP contribution in [0.5, 0.6) is 0 Å². The van der Waals surface area contributed by atoms with Crippen molar-refractivity contribution in [3.63, 3.8) is 0 Å². The number of aryl methyl sites for hydroxylation is 2. The Morgan fingerprint density at radius 2 is 1.92 bits per heavy atom. The molecule has 2 N–H and O–H groups in total. The second-order valence-electron chi connectivity index (χ2n) is 6.28. The molecule has 5 nitrogen and oxygen atoms in total. The average molecular weight is 377 g/mol. The van der Waals surface area contributed by atoms with E-state index in [0.29, 0.717) is 17.1 Å². The molecule has 0 aromatic heterocycles. The van der Waals surface area contributed by atoms with Gasteiger partial charge < -0.3 is 5.32 Å². The molecule has 1 heterocycles. The van der Waals surface area contributed by atoms with E-state index in [4.69, 9.17) is 0 Å². The van der Waals surface area contributed by atoms with Crippen LogP contribution in [0.2, 0.25) is 0 Å². The molecule has 1 amide bonds. The molecule has 0 saturated carbocycles. The number of sulfonamides is 1. The topological polar surface area (TPSA) is 75.3 Å². The van der Waals surface area contributed by atoms with Gasteiger partial charge in [-0.2, -0.15) is 0 Å². The third-order valence-electron chi connectivity index (χ3n) is 4.08. The zero-order chi connectivity index (χ0) is 18.2. The highest BCUT2D eigenvalue weighted by Gasteiger charge is 2.23. The molecule has 0 aliphatic carbocycles. The number of nitrogens with one attached hydrogen (secondary N) is 2. The van der Waals surface area contributed by atoms with Crippen LogP contribution in [0.25, 0.3) is 0 Å². The summed E-state index contributed by atoms with van der Waals surface area (Å²) < 4.78 is 28.1. The minimum absolute atomic E-state index is 0.0943. The van der Waals surface area contributed by atoms with Crippen molar-refractivity contribution in [2.75, 3.05) is 15.8 Å². The Bertz CT molecular complexity index is 939. The van der Waals surface area contributed by atoms with Gasteiger partial charge >= 0.3 is 0 Å². The summed E-state index contributed by atoms with van der Waals surface area (Å²) in [4.78, 5) is 13.0. The Balaban J connectivity index is 1.93. The molecule has 0 saturated heterocycles. The third-order valence-corrected chi connectivity index (χ3v) is 6.78. The van der Waals surface area contributed by atoms with Crippen LogP contribution in [-0.2, 0) is 14.8 Å². The second-order valence-corrected chi connectivity index (χ2v) is 9.03. The molecule has 3 rings (SSSR count). The summed E-state index contributed by atoms with van der Waals surface area (Å²) in [7, 11) is -3.74. The zero-order valence-corrected chi connectivity index (χ0v) is 15.9. The highest BCUT2D eigenvalue weighted by molar-refractivity contribution is 7.99. The van der Waals surface area contributed by atoms with Crippen LogP contribution >= 0.6 is 11.8 Å². The van der Waals surface area contributed by atoms with Gasteiger partial charge in [0.15, 0.2) is 0 Å². The van der Waals surface area contributed by atoms with E-state index in [9.17, 15) is 13.2 Å².